The highest BCUT2D eigenvalue weighted by atomic mass is 35.5. The van der Waals surface area contributed by atoms with Crippen molar-refractivity contribution in [3.63, 3.8) is 0 Å². The summed E-state index contributed by atoms with van der Waals surface area (Å²) in [6, 6.07) is 9.50. The summed E-state index contributed by atoms with van der Waals surface area (Å²) in [7, 11) is 0. The first-order valence-corrected chi connectivity index (χ1v) is 7.22. The van der Waals surface area contributed by atoms with Crippen LogP contribution in [0.1, 0.15) is 16.0 Å². The maximum Gasteiger partial charge on any atom is 0.411 e. The first-order valence-electron chi connectivity index (χ1n) is 5.81. The van der Waals surface area contributed by atoms with Crippen molar-refractivity contribution in [3.8, 4) is 0 Å². The van der Waals surface area contributed by atoms with Gasteiger partial charge < -0.3 is 4.74 Å². The molecule has 19 heavy (non-hydrogen) atoms. The van der Waals surface area contributed by atoms with Crippen molar-refractivity contribution < 1.29 is 9.53 Å². The summed E-state index contributed by atoms with van der Waals surface area (Å²) in [6.07, 6.45) is -0.467. The number of benzene rings is 1. The molecule has 0 saturated carbocycles. The second kappa shape index (κ2) is 6.59. The van der Waals surface area contributed by atoms with Crippen molar-refractivity contribution in [2.75, 3.05) is 5.32 Å². The molecule has 5 heteroatoms. The molecule has 100 valence electrons. The second-order valence-corrected chi connectivity index (χ2v) is 5.31. The molecule has 0 aliphatic rings. The molecule has 0 aliphatic carbocycles. The number of nitrogens with one attached hydrogen (secondary N) is 1. The first-order chi connectivity index (χ1) is 9.20. The zero-order valence-corrected chi connectivity index (χ0v) is 12.1. The number of carbonyl (C=O) groups is 1. The van der Waals surface area contributed by atoms with Gasteiger partial charge in [-0.25, -0.2) is 4.79 Å². The van der Waals surface area contributed by atoms with Crippen LogP contribution in [0.3, 0.4) is 0 Å². The van der Waals surface area contributed by atoms with Gasteiger partial charge in [-0.15, -0.1) is 22.9 Å². The fraction of sp³-hybridized carbons (Fsp3) is 0.214. The quantitative estimate of drug-likeness (QED) is 0.841. The number of alkyl halides is 1. The van der Waals surface area contributed by atoms with Gasteiger partial charge in [0.05, 0.1) is 0 Å². The average molecular weight is 296 g/mol. The highest BCUT2D eigenvalue weighted by molar-refractivity contribution is 7.09. The van der Waals surface area contributed by atoms with Gasteiger partial charge >= 0.3 is 6.09 Å². The lowest BCUT2D eigenvalue weighted by Gasteiger charge is -2.11. The number of carbonyl (C=O) groups excluding carboxylic acids is 1. The standard InChI is InChI=1S/C14H14ClNO2S/c1-10-4-2-6-13(12(10)8-15)16-14(17)18-9-11-5-3-7-19-11/h2-7H,8-9H2,1H3,(H,16,17). The fourth-order valence-corrected chi connectivity index (χ4v) is 2.64. The van der Waals surface area contributed by atoms with Crippen LogP contribution in [0.15, 0.2) is 35.7 Å². The predicted molar refractivity (Wildman–Crippen MR) is 78.9 cm³/mol. The van der Waals surface area contributed by atoms with Crippen LogP contribution < -0.4 is 5.32 Å². The monoisotopic (exact) mass is 295 g/mol. The molecule has 1 amide bonds. The summed E-state index contributed by atoms with van der Waals surface area (Å²) >= 11 is 7.44. The lowest BCUT2D eigenvalue weighted by atomic mass is 10.1. The number of hydrogen-bond donors (Lipinski definition) is 1. The van der Waals surface area contributed by atoms with E-state index in [0.29, 0.717) is 11.6 Å². The first kappa shape index (κ1) is 13.9. The van der Waals surface area contributed by atoms with Gasteiger partial charge in [0.25, 0.3) is 0 Å². The SMILES string of the molecule is Cc1cccc(NC(=O)OCc2cccs2)c1CCl. The van der Waals surface area contributed by atoms with E-state index < -0.39 is 6.09 Å². The van der Waals surface area contributed by atoms with Gasteiger partial charge in [-0.1, -0.05) is 18.2 Å². The molecule has 0 saturated heterocycles. The molecular formula is C14H14ClNO2S. The Morgan fingerprint density at radius 3 is 2.89 bits per heavy atom. The molecule has 0 spiro atoms. The van der Waals surface area contributed by atoms with Crippen molar-refractivity contribution in [2.45, 2.75) is 19.4 Å². The average Bonchev–Trinajstić information content (AvgIpc) is 2.90. The Morgan fingerprint density at radius 1 is 1.37 bits per heavy atom. The van der Waals surface area contributed by atoms with Crippen molar-refractivity contribution in [2.24, 2.45) is 0 Å². The number of thiophene rings is 1. The van der Waals surface area contributed by atoms with Crippen molar-refractivity contribution in [3.05, 3.63) is 51.7 Å². The minimum Gasteiger partial charge on any atom is -0.444 e. The van der Waals surface area contributed by atoms with Crippen LogP contribution in [-0.2, 0) is 17.2 Å². The van der Waals surface area contributed by atoms with Gasteiger partial charge in [-0.05, 0) is 35.6 Å². The van der Waals surface area contributed by atoms with Crippen LogP contribution in [0.25, 0.3) is 0 Å². The van der Waals surface area contributed by atoms with Gasteiger partial charge in [0.1, 0.15) is 6.61 Å². The van der Waals surface area contributed by atoms with Crippen molar-refractivity contribution >= 4 is 34.7 Å². The maximum absolute atomic E-state index is 11.7. The number of rotatable bonds is 4. The molecule has 0 fully saturated rings. The minimum absolute atomic E-state index is 0.283. The van der Waals surface area contributed by atoms with E-state index >= 15 is 0 Å². The van der Waals surface area contributed by atoms with Gasteiger partial charge in [0.15, 0.2) is 0 Å². The molecule has 0 unspecified atom stereocenters. The molecular weight excluding hydrogens is 282 g/mol. The molecule has 1 aromatic carbocycles. The zero-order valence-electron chi connectivity index (χ0n) is 10.5. The van der Waals surface area contributed by atoms with Gasteiger partial charge in [0, 0.05) is 16.4 Å². The van der Waals surface area contributed by atoms with E-state index in [1.165, 1.54) is 0 Å². The van der Waals surface area contributed by atoms with E-state index in [2.05, 4.69) is 5.32 Å². The molecule has 2 rings (SSSR count). The Bertz CT molecular complexity index is 555. The third-order valence-electron chi connectivity index (χ3n) is 2.71. The highest BCUT2D eigenvalue weighted by Gasteiger charge is 2.09. The van der Waals surface area contributed by atoms with Gasteiger partial charge in [-0.2, -0.15) is 0 Å². The number of anilines is 1. The molecule has 0 aliphatic heterocycles. The second-order valence-electron chi connectivity index (χ2n) is 4.02. The normalized spacial score (nSPS) is 10.2. The maximum atomic E-state index is 11.7. The van der Waals surface area contributed by atoms with Gasteiger partial charge in [-0.3, -0.25) is 5.32 Å². The van der Waals surface area contributed by atoms with E-state index in [1.54, 1.807) is 11.3 Å². The van der Waals surface area contributed by atoms with E-state index in [-0.39, 0.29) is 6.61 Å². The zero-order chi connectivity index (χ0) is 13.7. The predicted octanol–water partition coefficient (Wildman–Crippen LogP) is 4.54. The van der Waals surface area contributed by atoms with Gasteiger partial charge in [0.2, 0.25) is 0 Å². The van der Waals surface area contributed by atoms with Crippen LogP contribution in [0, 0.1) is 6.92 Å². The van der Waals surface area contributed by atoms with E-state index in [9.17, 15) is 4.79 Å². The molecule has 0 bridgehead atoms. The largest absolute Gasteiger partial charge is 0.444 e. The lowest BCUT2D eigenvalue weighted by Crippen LogP contribution is -2.14. The summed E-state index contributed by atoms with van der Waals surface area (Å²) in [5.41, 5.74) is 2.66. The van der Waals surface area contributed by atoms with E-state index in [0.717, 1.165) is 16.0 Å². The lowest BCUT2D eigenvalue weighted by molar-refractivity contribution is 0.156. The molecule has 0 atom stereocenters. The summed E-state index contributed by atoms with van der Waals surface area (Å²) in [6.45, 7) is 2.24. The van der Waals surface area contributed by atoms with E-state index in [1.807, 2.05) is 42.6 Å². The summed E-state index contributed by atoms with van der Waals surface area (Å²) in [5.74, 6) is 0.354. The van der Waals surface area contributed by atoms with Crippen molar-refractivity contribution in [1.29, 1.82) is 0 Å². The van der Waals surface area contributed by atoms with Crippen LogP contribution in [0.5, 0.6) is 0 Å². The number of hydrogen-bond acceptors (Lipinski definition) is 3. The van der Waals surface area contributed by atoms with Crippen LogP contribution in [-0.4, -0.2) is 6.09 Å². The minimum atomic E-state index is -0.467. The van der Waals surface area contributed by atoms with Crippen LogP contribution >= 0.6 is 22.9 Å². The Morgan fingerprint density at radius 2 is 2.21 bits per heavy atom. The number of amides is 1. The van der Waals surface area contributed by atoms with Crippen LogP contribution in [0.4, 0.5) is 10.5 Å². The summed E-state index contributed by atoms with van der Waals surface area (Å²) in [4.78, 5) is 12.7. The Kier molecular flexibility index (Phi) is 4.82. The third-order valence-corrected chi connectivity index (χ3v) is 3.82. The molecule has 1 aromatic heterocycles. The summed E-state index contributed by atoms with van der Waals surface area (Å²) in [5, 5.41) is 4.67. The smallest absolute Gasteiger partial charge is 0.411 e. The molecule has 2 aromatic rings. The van der Waals surface area contributed by atoms with E-state index in [4.69, 9.17) is 16.3 Å². The number of aryl methyl sites for hydroxylation is 1. The highest BCUT2D eigenvalue weighted by Crippen LogP contribution is 2.21. The van der Waals surface area contributed by atoms with Crippen molar-refractivity contribution in [1.82, 2.24) is 0 Å². The molecule has 3 nitrogen and oxygen atoms in total. The Balaban J connectivity index is 1.97. The Hall–Kier alpha value is -1.52. The topological polar surface area (TPSA) is 38.3 Å². The summed E-state index contributed by atoms with van der Waals surface area (Å²) < 4.78 is 5.15. The Labute approximate surface area is 121 Å². The fourth-order valence-electron chi connectivity index (χ4n) is 1.67. The number of ether oxygens (including phenoxy) is 1. The van der Waals surface area contributed by atoms with Crippen LogP contribution in [0.2, 0.25) is 0 Å². The third kappa shape index (κ3) is 3.72. The molecule has 1 heterocycles. The molecule has 0 radical (unpaired) electrons. The molecule has 1 N–H and O–H groups in total. The number of halogens is 1.